The number of aromatic nitrogens is 2. The first kappa shape index (κ1) is 7.76. The fourth-order valence-corrected chi connectivity index (χ4v) is 1.67. The first-order valence-corrected chi connectivity index (χ1v) is 4.17. The highest BCUT2D eigenvalue weighted by Crippen LogP contribution is 2.16. The number of β-amino-alcohol motifs (C(OH)–C–C–N with tert-alkyl or cyclic N) is 1. The molecule has 12 heavy (non-hydrogen) atoms. The average Bonchev–Trinajstić information content (AvgIpc) is 2.59. The third-order valence-corrected chi connectivity index (χ3v) is 2.37. The molecule has 0 saturated carbocycles. The van der Waals surface area contributed by atoms with Gasteiger partial charge in [-0.25, -0.2) is 4.98 Å². The Morgan fingerprint density at radius 3 is 3.00 bits per heavy atom. The molecule has 2 atom stereocenters. The number of aliphatic hydroxyl groups excluding tert-OH is 1. The van der Waals surface area contributed by atoms with Crippen LogP contribution in [-0.2, 0) is 0 Å². The average molecular weight is 167 g/mol. The van der Waals surface area contributed by atoms with Crippen LogP contribution in [0.2, 0.25) is 0 Å². The summed E-state index contributed by atoms with van der Waals surface area (Å²) in [6.07, 6.45) is 3.40. The maximum absolute atomic E-state index is 9.57. The summed E-state index contributed by atoms with van der Waals surface area (Å²) in [7, 11) is 0. The van der Waals surface area contributed by atoms with Crippen LogP contribution < -0.4 is 5.32 Å². The van der Waals surface area contributed by atoms with Gasteiger partial charge in [-0.3, -0.25) is 0 Å². The molecule has 2 N–H and O–H groups in total. The molecule has 0 radical (unpaired) electrons. The zero-order valence-electron chi connectivity index (χ0n) is 7.07. The van der Waals surface area contributed by atoms with Crippen LogP contribution in [-0.4, -0.2) is 33.9 Å². The summed E-state index contributed by atoms with van der Waals surface area (Å²) in [5.41, 5.74) is 0. The molecule has 1 aliphatic heterocycles. The van der Waals surface area contributed by atoms with Gasteiger partial charge in [-0.2, -0.15) is 0 Å². The van der Waals surface area contributed by atoms with E-state index >= 15 is 0 Å². The van der Waals surface area contributed by atoms with Gasteiger partial charge < -0.3 is 15.0 Å². The smallest absolute Gasteiger partial charge is 0.105 e. The molecule has 4 nitrogen and oxygen atoms in total. The Hall–Kier alpha value is -0.870. The lowest BCUT2D eigenvalue weighted by Gasteiger charge is -2.16. The van der Waals surface area contributed by atoms with Crippen LogP contribution in [0, 0.1) is 6.92 Å². The topological polar surface area (TPSA) is 50.1 Å². The standard InChI is InChI=1S/C8H13N3O/c1-6-10-2-3-11(6)7-4-9-5-8(7)12/h2-3,7-9,12H,4-5H2,1H3. The second kappa shape index (κ2) is 2.88. The second-order valence-corrected chi connectivity index (χ2v) is 3.17. The maximum Gasteiger partial charge on any atom is 0.105 e. The summed E-state index contributed by atoms with van der Waals surface area (Å²) in [5.74, 6) is 0.961. The molecule has 1 aromatic heterocycles. The molecule has 4 heteroatoms. The Morgan fingerprint density at radius 1 is 1.67 bits per heavy atom. The molecule has 0 bridgehead atoms. The fourth-order valence-electron chi connectivity index (χ4n) is 1.67. The largest absolute Gasteiger partial charge is 0.390 e. The normalized spacial score (nSPS) is 29.5. The van der Waals surface area contributed by atoms with Crippen LogP contribution in [0.5, 0.6) is 0 Å². The van der Waals surface area contributed by atoms with E-state index in [9.17, 15) is 5.11 Å². The predicted octanol–water partition coefficient (Wildman–Crippen LogP) is -0.303. The van der Waals surface area contributed by atoms with Crippen molar-refractivity contribution in [1.82, 2.24) is 14.9 Å². The molecule has 2 heterocycles. The molecule has 0 spiro atoms. The molecule has 2 unspecified atom stereocenters. The van der Waals surface area contributed by atoms with Crippen LogP contribution in [0.4, 0.5) is 0 Å². The summed E-state index contributed by atoms with van der Waals surface area (Å²) in [6, 6.07) is 0.160. The van der Waals surface area contributed by atoms with Crippen molar-refractivity contribution >= 4 is 0 Å². The van der Waals surface area contributed by atoms with Crippen molar-refractivity contribution in [3.8, 4) is 0 Å². The summed E-state index contributed by atoms with van der Waals surface area (Å²) in [4.78, 5) is 4.12. The van der Waals surface area contributed by atoms with E-state index in [2.05, 4.69) is 10.3 Å². The Morgan fingerprint density at radius 2 is 2.50 bits per heavy atom. The maximum atomic E-state index is 9.57. The third-order valence-electron chi connectivity index (χ3n) is 2.37. The minimum absolute atomic E-state index is 0.160. The van der Waals surface area contributed by atoms with Crippen LogP contribution in [0.25, 0.3) is 0 Å². The minimum atomic E-state index is -0.280. The molecular weight excluding hydrogens is 154 g/mol. The lowest BCUT2D eigenvalue weighted by molar-refractivity contribution is 0.150. The van der Waals surface area contributed by atoms with Crippen molar-refractivity contribution in [1.29, 1.82) is 0 Å². The van der Waals surface area contributed by atoms with E-state index in [1.807, 2.05) is 17.7 Å². The molecule has 1 aliphatic rings. The molecule has 0 aliphatic carbocycles. The van der Waals surface area contributed by atoms with Crippen LogP contribution in [0.1, 0.15) is 11.9 Å². The van der Waals surface area contributed by atoms with Gasteiger partial charge in [-0.1, -0.05) is 0 Å². The Balaban J connectivity index is 2.24. The van der Waals surface area contributed by atoms with Crippen molar-refractivity contribution < 1.29 is 5.11 Å². The highest BCUT2D eigenvalue weighted by atomic mass is 16.3. The van der Waals surface area contributed by atoms with Gasteiger partial charge in [0.05, 0.1) is 12.1 Å². The van der Waals surface area contributed by atoms with E-state index in [1.165, 1.54) is 0 Å². The predicted molar refractivity (Wildman–Crippen MR) is 44.9 cm³/mol. The van der Waals surface area contributed by atoms with E-state index in [4.69, 9.17) is 0 Å². The number of imidazole rings is 1. The van der Waals surface area contributed by atoms with E-state index in [0.717, 1.165) is 12.4 Å². The Labute approximate surface area is 71.2 Å². The summed E-state index contributed by atoms with van der Waals surface area (Å²) in [6.45, 7) is 3.46. The van der Waals surface area contributed by atoms with Crippen molar-refractivity contribution in [2.45, 2.75) is 19.1 Å². The Bertz CT molecular complexity index is 271. The monoisotopic (exact) mass is 167 g/mol. The quantitative estimate of drug-likeness (QED) is 0.603. The van der Waals surface area contributed by atoms with Gasteiger partial charge >= 0.3 is 0 Å². The SMILES string of the molecule is Cc1nccn1C1CNCC1O. The van der Waals surface area contributed by atoms with E-state index in [0.29, 0.717) is 6.54 Å². The lowest BCUT2D eigenvalue weighted by Crippen LogP contribution is -2.22. The minimum Gasteiger partial charge on any atom is -0.390 e. The van der Waals surface area contributed by atoms with E-state index in [-0.39, 0.29) is 12.1 Å². The lowest BCUT2D eigenvalue weighted by atomic mass is 10.2. The number of hydrogen-bond donors (Lipinski definition) is 2. The zero-order chi connectivity index (χ0) is 8.55. The molecular formula is C8H13N3O. The highest BCUT2D eigenvalue weighted by molar-refractivity contribution is 4.97. The fraction of sp³-hybridized carbons (Fsp3) is 0.625. The van der Waals surface area contributed by atoms with Crippen molar-refractivity contribution in [3.05, 3.63) is 18.2 Å². The molecule has 0 amide bonds. The van der Waals surface area contributed by atoms with Gasteiger partial charge in [0.1, 0.15) is 5.82 Å². The number of nitrogens with zero attached hydrogens (tertiary/aromatic N) is 2. The van der Waals surface area contributed by atoms with Crippen LogP contribution in [0.3, 0.4) is 0 Å². The van der Waals surface area contributed by atoms with Crippen molar-refractivity contribution in [2.24, 2.45) is 0 Å². The van der Waals surface area contributed by atoms with Crippen molar-refractivity contribution in [3.63, 3.8) is 0 Å². The van der Waals surface area contributed by atoms with Gasteiger partial charge in [-0.15, -0.1) is 0 Å². The number of nitrogens with one attached hydrogen (secondary N) is 1. The number of aryl methyl sites for hydroxylation is 1. The summed E-state index contributed by atoms with van der Waals surface area (Å²) >= 11 is 0. The van der Waals surface area contributed by atoms with Crippen molar-refractivity contribution in [2.75, 3.05) is 13.1 Å². The van der Waals surface area contributed by atoms with Crippen LogP contribution >= 0.6 is 0 Å². The van der Waals surface area contributed by atoms with Gasteiger partial charge in [0.2, 0.25) is 0 Å². The first-order chi connectivity index (χ1) is 5.79. The van der Waals surface area contributed by atoms with Gasteiger partial charge in [0, 0.05) is 25.5 Å². The Kier molecular flexibility index (Phi) is 1.86. The number of aliphatic hydroxyl groups is 1. The highest BCUT2D eigenvalue weighted by Gasteiger charge is 2.26. The first-order valence-electron chi connectivity index (χ1n) is 4.17. The summed E-state index contributed by atoms with van der Waals surface area (Å²) in [5, 5.41) is 12.7. The molecule has 1 saturated heterocycles. The molecule has 1 fully saturated rings. The third kappa shape index (κ3) is 1.13. The van der Waals surface area contributed by atoms with Gasteiger partial charge in [-0.05, 0) is 6.92 Å². The zero-order valence-corrected chi connectivity index (χ0v) is 7.07. The number of hydrogen-bond acceptors (Lipinski definition) is 3. The van der Waals surface area contributed by atoms with Gasteiger partial charge in [0.25, 0.3) is 0 Å². The molecule has 0 aromatic carbocycles. The molecule has 2 rings (SSSR count). The molecule has 66 valence electrons. The van der Waals surface area contributed by atoms with Gasteiger partial charge in [0.15, 0.2) is 0 Å². The van der Waals surface area contributed by atoms with E-state index in [1.54, 1.807) is 6.20 Å². The number of rotatable bonds is 1. The van der Waals surface area contributed by atoms with Crippen LogP contribution in [0.15, 0.2) is 12.4 Å². The summed E-state index contributed by atoms with van der Waals surface area (Å²) < 4.78 is 2.02. The second-order valence-electron chi connectivity index (χ2n) is 3.17. The van der Waals surface area contributed by atoms with E-state index < -0.39 is 0 Å². The molecule has 1 aromatic rings.